The van der Waals surface area contributed by atoms with Gasteiger partial charge in [-0.3, -0.25) is 4.90 Å². The molecule has 2 N–H and O–H groups in total. The van der Waals surface area contributed by atoms with E-state index in [0.29, 0.717) is 12.0 Å². The Hall–Kier alpha value is -2.54. The Morgan fingerprint density at radius 3 is 2.57 bits per heavy atom. The van der Waals surface area contributed by atoms with E-state index in [2.05, 4.69) is 27.7 Å². The third-order valence-corrected chi connectivity index (χ3v) is 4.81. The van der Waals surface area contributed by atoms with Gasteiger partial charge in [0.25, 0.3) is 0 Å². The number of rotatable bonds is 6. The highest BCUT2D eigenvalue weighted by atomic mass is 19.4. The number of carbonyl (C=O) groups is 1. The van der Waals surface area contributed by atoms with Gasteiger partial charge in [0.1, 0.15) is 0 Å². The molecule has 1 aliphatic heterocycles. The normalized spacial score (nSPS) is 17.5. The van der Waals surface area contributed by atoms with E-state index in [0.717, 1.165) is 38.2 Å². The minimum Gasteiger partial charge on any atom is -0.338 e. The first-order valence-electron chi connectivity index (χ1n) is 9.37. The number of hydrogen-bond donors (Lipinski definition) is 2. The molecule has 2 amide bonds. The van der Waals surface area contributed by atoms with Crippen molar-refractivity contribution >= 4 is 6.03 Å². The van der Waals surface area contributed by atoms with E-state index in [9.17, 15) is 18.0 Å². The Labute approximate surface area is 162 Å². The van der Waals surface area contributed by atoms with Crippen LogP contribution in [0.1, 0.15) is 23.1 Å². The van der Waals surface area contributed by atoms with Crippen LogP contribution in [0.3, 0.4) is 0 Å². The highest BCUT2D eigenvalue weighted by molar-refractivity contribution is 5.74. The Balaban J connectivity index is 1.38. The second kappa shape index (κ2) is 9.10. The molecule has 4 nitrogen and oxygen atoms in total. The third-order valence-electron chi connectivity index (χ3n) is 4.81. The van der Waals surface area contributed by atoms with E-state index in [4.69, 9.17) is 0 Å². The van der Waals surface area contributed by atoms with Gasteiger partial charge in [-0.05, 0) is 30.0 Å². The second-order valence-corrected chi connectivity index (χ2v) is 7.05. The lowest BCUT2D eigenvalue weighted by atomic mass is 10.1. The number of amides is 2. The minimum atomic E-state index is -4.35. The van der Waals surface area contributed by atoms with Crippen molar-refractivity contribution in [3.8, 4) is 0 Å². The summed E-state index contributed by atoms with van der Waals surface area (Å²) in [5.41, 5.74) is 1.12. The first-order chi connectivity index (χ1) is 13.4. The molecule has 0 bridgehead atoms. The van der Waals surface area contributed by atoms with Crippen molar-refractivity contribution in [1.29, 1.82) is 0 Å². The van der Waals surface area contributed by atoms with E-state index in [1.54, 1.807) is 6.07 Å². The predicted molar refractivity (Wildman–Crippen MR) is 102 cm³/mol. The van der Waals surface area contributed by atoms with Gasteiger partial charge in [-0.1, -0.05) is 48.5 Å². The van der Waals surface area contributed by atoms with Crippen LogP contribution < -0.4 is 10.6 Å². The molecule has 2 aromatic rings. The maximum atomic E-state index is 12.7. The van der Waals surface area contributed by atoms with Crippen molar-refractivity contribution in [1.82, 2.24) is 15.5 Å². The molecular formula is C21H24F3N3O. The summed E-state index contributed by atoms with van der Waals surface area (Å²) in [5, 5.41) is 5.68. The topological polar surface area (TPSA) is 44.4 Å². The van der Waals surface area contributed by atoms with Crippen LogP contribution >= 0.6 is 0 Å². The highest BCUT2D eigenvalue weighted by Gasteiger charge is 2.30. The standard InChI is InChI=1S/C21H24F3N3O/c22-21(23,24)18-8-4-7-16(13-18)9-11-25-20(28)26-19-10-12-27(15-19)14-17-5-2-1-3-6-17/h1-8,13,19H,9-12,14-15H2,(H2,25,26,28). The van der Waals surface area contributed by atoms with E-state index in [-0.39, 0.29) is 18.6 Å². The van der Waals surface area contributed by atoms with Crippen LogP contribution in [0.2, 0.25) is 0 Å². The molecule has 0 spiro atoms. The first-order valence-corrected chi connectivity index (χ1v) is 9.37. The molecule has 7 heteroatoms. The van der Waals surface area contributed by atoms with Gasteiger partial charge in [-0.15, -0.1) is 0 Å². The van der Waals surface area contributed by atoms with Crippen molar-refractivity contribution in [2.24, 2.45) is 0 Å². The molecule has 0 aliphatic carbocycles. The molecule has 1 aliphatic rings. The number of nitrogens with zero attached hydrogens (tertiary/aromatic N) is 1. The Kier molecular flexibility index (Phi) is 6.57. The fourth-order valence-corrected chi connectivity index (χ4v) is 3.40. The Bertz CT molecular complexity index is 780. The number of alkyl halides is 3. The zero-order valence-electron chi connectivity index (χ0n) is 15.5. The number of carbonyl (C=O) groups excluding carboxylic acids is 1. The number of likely N-dealkylation sites (tertiary alicyclic amines) is 1. The second-order valence-electron chi connectivity index (χ2n) is 7.05. The van der Waals surface area contributed by atoms with Crippen molar-refractivity contribution in [2.75, 3.05) is 19.6 Å². The molecule has 1 atom stereocenters. The summed E-state index contributed by atoms with van der Waals surface area (Å²) < 4.78 is 38.2. The van der Waals surface area contributed by atoms with E-state index >= 15 is 0 Å². The summed E-state index contributed by atoms with van der Waals surface area (Å²) in [4.78, 5) is 14.4. The largest absolute Gasteiger partial charge is 0.416 e. The molecule has 28 heavy (non-hydrogen) atoms. The van der Waals surface area contributed by atoms with Gasteiger partial charge in [-0.25, -0.2) is 4.79 Å². The Morgan fingerprint density at radius 1 is 1.07 bits per heavy atom. The SMILES string of the molecule is O=C(NCCc1cccc(C(F)(F)F)c1)NC1CCN(Cc2ccccc2)C1. The van der Waals surface area contributed by atoms with Gasteiger partial charge >= 0.3 is 12.2 Å². The summed E-state index contributed by atoms with van der Waals surface area (Å²) in [6, 6.07) is 15.2. The predicted octanol–water partition coefficient (Wildman–Crippen LogP) is 3.82. The number of nitrogens with one attached hydrogen (secondary N) is 2. The lowest BCUT2D eigenvalue weighted by molar-refractivity contribution is -0.137. The Morgan fingerprint density at radius 2 is 1.82 bits per heavy atom. The quantitative estimate of drug-likeness (QED) is 0.786. The average molecular weight is 391 g/mol. The molecule has 0 aromatic heterocycles. The van der Waals surface area contributed by atoms with Crippen LogP contribution in [-0.4, -0.2) is 36.6 Å². The van der Waals surface area contributed by atoms with Crippen molar-refractivity contribution in [3.05, 3.63) is 71.3 Å². The van der Waals surface area contributed by atoms with Crippen LogP contribution in [0.25, 0.3) is 0 Å². The molecular weight excluding hydrogens is 367 g/mol. The number of benzene rings is 2. The monoisotopic (exact) mass is 391 g/mol. The summed E-state index contributed by atoms with van der Waals surface area (Å²) >= 11 is 0. The summed E-state index contributed by atoms with van der Waals surface area (Å²) in [6.07, 6.45) is -3.12. The molecule has 1 unspecified atom stereocenters. The summed E-state index contributed by atoms with van der Waals surface area (Å²) in [5.74, 6) is 0. The highest BCUT2D eigenvalue weighted by Crippen LogP contribution is 2.29. The lowest BCUT2D eigenvalue weighted by Crippen LogP contribution is -2.43. The van der Waals surface area contributed by atoms with Crippen LogP contribution in [-0.2, 0) is 19.1 Å². The molecule has 0 radical (unpaired) electrons. The van der Waals surface area contributed by atoms with Crippen molar-refractivity contribution in [2.45, 2.75) is 31.6 Å². The van der Waals surface area contributed by atoms with Gasteiger partial charge in [0, 0.05) is 32.2 Å². The lowest BCUT2D eigenvalue weighted by Gasteiger charge is -2.17. The fourth-order valence-electron chi connectivity index (χ4n) is 3.40. The van der Waals surface area contributed by atoms with Gasteiger partial charge < -0.3 is 10.6 Å². The molecule has 0 saturated carbocycles. The maximum Gasteiger partial charge on any atom is 0.416 e. The van der Waals surface area contributed by atoms with Crippen LogP contribution in [0, 0.1) is 0 Å². The van der Waals surface area contributed by atoms with Gasteiger partial charge in [0.15, 0.2) is 0 Å². The van der Waals surface area contributed by atoms with Crippen LogP contribution in [0.15, 0.2) is 54.6 Å². The average Bonchev–Trinajstić information content (AvgIpc) is 3.09. The van der Waals surface area contributed by atoms with Crippen LogP contribution in [0.5, 0.6) is 0 Å². The van der Waals surface area contributed by atoms with Gasteiger partial charge in [0.2, 0.25) is 0 Å². The molecule has 2 aromatic carbocycles. The first kappa shape index (κ1) is 20.2. The summed E-state index contributed by atoms with van der Waals surface area (Å²) in [7, 11) is 0. The molecule has 150 valence electrons. The maximum absolute atomic E-state index is 12.7. The zero-order chi connectivity index (χ0) is 20.0. The molecule has 1 fully saturated rings. The molecule has 1 saturated heterocycles. The number of halogens is 3. The van der Waals surface area contributed by atoms with Crippen molar-refractivity contribution < 1.29 is 18.0 Å². The molecule has 1 heterocycles. The fraction of sp³-hybridized carbons (Fsp3) is 0.381. The minimum absolute atomic E-state index is 0.0808. The van der Waals surface area contributed by atoms with E-state index in [1.165, 1.54) is 11.6 Å². The van der Waals surface area contributed by atoms with Gasteiger partial charge in [0.05, 0.1) is 5.56 Å². The van der Waals surface area contributed by atoms with E-state index < -0.39 is 11.7 Å². The van der Waals surface area contributed by atoms with Gasteiger partial charge in [-0.2, -0.15) is 13.2 Å². The summed E-state index contributed by atoms with van der Waals surface area (Å²) in [6.45, 7) is 2.85. The number of hydrogen-bond acceptors (Lipinski definition) is 2. The smallest absolute Gasteiger partial charge is 0.338 e. The van der Waals surface area contributed by atoms with Crippen LogP contribution in [0.4, 0.5) is 18.0 Å². The van der Waals surface area contributed by atoms with E-state index in [1.807, 2.05) is 18.2 Å². The zero-order valence-corrected chi connectivity index (χ0v) is 15.5. The number of urea groups is 1. The molecule has 3 rings (SSSR count). The third kappa shape index (κ3) is 5.99. The van der Waals surface area contributed by atoms with Crippen molar-refractivity contribution in [3.63, 3.8) is 0 Å².